The number of anilines is 2. The third-order valence-electron chi connectivity index (χ3n) is 5.52. The van der Waals surface area contributed by atoms with Crippen LogP contribution in [0.25, 0.3) is 22.6 Å². The first-order valence-corrected chi connectivity index (χ1v) is 11.5. The van der Waals surface area contributed by atoms with E-state index < -0.39 is 17.5 Å². The van der Waals surface area contributed by atoms with Crippen LogP contribution in [0.1, 0.15) is 21.7 Å². The Bertz CT molecular complexity index is 1600. The molecule has 5 heterocycles. The van der Waals surface area contributed by atoms with Crippen LogP contribution in [0.4, 0.5) is 20.3 Å². The van der Waals surface area contributed by atoms with Gasteiger partial charge in [0.2, 0.25) is 0 Å². The summed E-state index contributed by atoms with van der Waals surface area (Å²) in [4.78, 5) is 37.5. The maximum atomic E-state index is 14.9. The van der Waals surface area contributed by atoms with Gasteiger partial charge in [-0.15, -0.1) is 0 Å². The van der Waals surface area contributed by atoms with Gasteiger partial charge < -0.3 is 10.6 Å². The number of hydrogen-bond acceptors (Lipinski definition) is 8. The number of nitrogens with one attached hydrogen (secondary N) is 2. The fraction of sp³-hybridized carbons (Fsp3) is 0.0741. The summed E-state index contributed by atoms with van der Waals surface area (Å²) in [6.45, 7) is 1.91. The summed E-state index contributed by atoms with van der Waals surface area (Å²) in [5, 5.41) is 5.76. The van der Waals surface area contributed by atoms with E-state index in [-0.39, 0.29) is 23.6 Å². The van der Waals surface area contributed by atoms with Gasteiger partial charge in [-0.2, -0.15) is 0 Å². The molecule has 0 aliphatic rings. The summed E-state index contributed by atoms with van der Waals surface area (Å²) in [6, 6.07) is 11.1. The molecular weight excluding hydrogens is 490 g/mol. The summed E-state index contributed by atoms with van der Waals surface area (Å²) in [5.41, 5.74) is 3.17. The molecule has 9 nitrogen and oxygen atoms in total. The van der Waals surface area contributed by atoms with E-state index in [2.05, 4.69) is 40.5 Å². The van der Waals surface area contributed by atoms with Crippen molar-refractivity contribution in [2.24, 2.45) is 0 Å². The predicted molar refractivity (Wildman–Crippen MR) is 136 cm³/mol. The molecule has 0 aliphatic heterocycles. The quantitative estimate of drug-likeness (QED) is 0.325. The molecule has 0 saturated carbocycles. The highest BCUT2D eigenvalue weighted by Gasteiger charge is 2.15. The van der Waals surface area contributed by atoms with Gasteiger partial charge in [0.25, 0.3) is 5.91 Å². The van der Waals surface area contributed by atoms with Crippen LogP contribution in [0.2, 0.25) is 0 Å². The lowest BCUT2D eigenvalue weighted by Gasteiger charge is -2.09. The lowest BCUT2D eigenvalue weighted by atomic mass is 10.1. The normalized spacial score (nSPS) is 10.7. The van der Waals surface area contributed by atoms with Crippen molar-refractivity contribution in [2.75, 3.05) is 5.32 Å². The zero-order chi connectivity index (χ0) is 26.5. The van der Waals surface area contributed by atoms with Crippen molar-refractivity contribution in [3.8, 4) is 22.6 Å². The van der Waals surface area contributed by atoms with Crippen molar-refractivity contribution in [3.05, 3.63) is 108 Å². The molecule has 0 atom stereocenters. The van der Waals surface area contributed by atoms with Crippen molar-refractivity contribution in [2.45, 2.75) is 13.5 Å². The zero-order valence-electron chi connectivity index (χ0n) is 20.1. The van der Waals surface area contributed by atoms with Gasteiger partial charge in [0, 0.05) is 48.7 Å². The van der Waals surface area contributed by atoms with Crippen molar-refractivity contribution in [1.29, 1.82) is 0 Å². The maximum absolute atomic E-state index is 14.9. The van der Waals surface area contributed by atoms with Crippen molar-refractivity contribution < 1.29 is 13.6 Å². The first-order valence-electron chi connectivity index (χ1n) is 11.5. The monoisotopic (exact) mass is 510 g/mol. The standard InChI is InChI=1S/C27H20F2N8O/c1-16-20(9-18(28)13-32-16)23-5-4-17(11-33-23)12-35-27(38)24-10-22(29)21(15-34-24)26-31-8-6-25(37-26)36-19-3-2-7-30-14-19/h2-11,13-15H,12H2,1H3,(H,35,38)(H,31,36,37). The molecule has 0 aliphatic carbocycles. The second-order valence-electron chi connectivity index (χ2n) is 8.20. The van der Waals surface area contributed by atoms with Crippen molar-refractivity contribution in [1.82, 2.24) is 35.2 Å². The van der Waals surface area contributed by atoms with Crippen molar-refractivity contribution >= 4 is 17.4 Å². The van der Waals surface area contributed by atoms with Crippen LogP contribution in [-0.2, 0) is 6.54 Å². The highest BCUT2D eigenvalue weighted by atomic mass is 19.1. The fourth-order valence-corrected chi connectivity index (χ4v) is 3.59. The molecule has 0 bridgehead atoms. The summed E-state index contributed by atoms with van der Waals surface area (Å²) in [5.74, 6) is -1.13. The second kappa shape index (κ2) is 10.8. The summed E-state index contributed by atoms with van der Waals surface area (Å²) >= 11 is 0. The number of amides is 1. The van der Waals surface area contributed by atoms with Gasteiger partial charge in [-0.3, -0.25) is 24.7 Å². The van der Waals surface area contributed by atoms with Crippen LogP contribution in [0.15, 0.2) is 79.6 Å². The minimum atomic E-state index is -0.686. The fourth-order valence-electron chi connectivity index (χ4n) is 3.59. The summed E-state index contributed by atoms with van der Waals surface area (Å²) in [7, 11) is 0. The van der Waals surface area contributed by atoms with Crippen molar-refractivity contribution in [3.63, 3.8) is 0 Å². The Hall–Kier alpha value is -5.19. The van der Waals surface area contributed by atoms with Gasteiger partial charge in [0.15, 0.2) is 5.82 Å². The molecule has 11 heteroatoms. The molecule has 0 aromatic carbocycles. The van der Waals surface area contributed by atoms with Crippen LogP contribution in [0.5, 0.6) is 0 Å². The smallest absolute Gasteiger partial charge is 0.270 e. The van der Waals surface area contributed by atoms with Crippen LogP contribution in [0.3, 0.4) is 0 Å². The number of halogens is 2. The Morgan fingerprint density at radius 3 is 2.55 bits per heavy atom. The molecule has 2 N–H and O–H groups in total. The van der Waals surface area contributed by atoms with Gasteiger partial charge >= 0.3 is 0 Å². The number of rotatable bonds is 7. The molecule has 5 aromatic heterocycles. The minimum Gasteiger partial charge on any atom is -0.347 e. The van der Waals surface area contributed by atoms with Gasteiger partial charge in [0.05, 0.1) is 29.3 Å². The van der Waals surface area contributed by atoms with Gasteiger partial charge in [0.1, 0.15) is 23.1 Å². The van der Waals surface area contributed by atoms with Crippen LogP contribution >= 0.6 is 0 Å². The van der Waals surface area contributed by atoms with E-state index in [1.807, 2.05) is 6.07 Å². The molecule has 5 aromatic rings. The Balaban J connectivity index is 1.24. The summed E-state index contributed by atoms with van der Waals surface area (Å²) < 4.78 is 28.5. The Kier molecular flexibility index (Phi) is 6.98. The number of nitrogens with zero attached hydrogens (tertiary/aromatic N) is 6. The second-order valence-corrected chi connectivity index (χ2v) is 8.20. The molecule has 0 saturated heterocycles. The van der Waals surface area contributed by atoms with E-state index in [4.69, 9.17) is 0 Å². The number of pyridine rings is 4. The van der Waals surface area contributed by atoms with E-state index in [1.54, 1.807) is 49.8 Å². The van der Waals surface area contributed by atoms with E-state index >= 15 is 0 Å². The number of carbonyl (C=O) groups is 1. The molecule has 0 unspecified atom stereocenters. The Morgan fingerprint density at radius 2 is 1.79 bits per heavy atom. The minimum absolute atomic E-state index is 0.0540. The predicted octanol–water partition coefficient (Wildman–Crippen LogP) is 4.65. The average molecular weight is 511 g/mol. The van der Waals surface area contributed by atoms with E-state index in [9.17, 15) is 13.6 Å². The lowest BCUT2D eigenvalue weighted by Crippen LogP contribution is -2.24. The summed E-state index contributed by atoms with van der Waals surface area (Å²) in [6.07, 6.45) is 8.71. The van der Waals surface area contributed by atoms with E-state index in [1.165, 1.54) is 18.5 Å². The SMILES string of the molecule is Cc1ncc(F)cc1-c1ccc(CNC(=O)c2cc(F)c(-c3nccc(Nc4cccnc4)n3)cn2)cn1. The van der Waals surface area contributed by atoms with Gasteiger partial charge in [-0.05, 0) is 42.8 Å². The average Bonchev–Trinajstić information content (AvgIpc) is 2.94. The van der Waals surface area contributed by atoms with Crippen LogP contribution in [0, 0.1) is 18.6 Å². The van der Waals surface area contributed by atoms with Crippen LogP contribution < -0.4 is 10.6 Å². The largest absolute Gasteiger partial charge is 0.347 e. The number of aryl methyl sites for hydroxylation is 1. The maximum Gasteiger partial charge on any atom is 0.270 e. The van der Waals surface area contributed by atoms with Gasteiger partial charge in [-0.25, -0.2) is 18.7 Å². The molecule has 0 spiro atoms. The third-order valence-corrected chi connectivity index (χ3v) is 5.52. The Labute approximate surface area is 216 Å². The highest BCUT2D eigenvalue weighted by molar-refractivity contribution is 5.92. The molecular formula is C27H20F2N8O. The highest BCUT2D eigenvalue weighted by Crippen LogP contribution is 2.22. The number of carbonyl (C=O) groups excluding carboxylic acids is 1. The number of aromatic nitrogens is 6. The Morgan fingerprint density at radius 1 is 0.895 bits per heavy atom. The molecule has 38 heavy (non-hydrogen) atoms. The first-order chi connectivity index (χ1) is 18.5. The topological polar surface area (TPSA) is 118 Å². The zero-order valence-corrected chi connectivity index (χ0v) is 20.1. The number of hydrogen-bond donors (Lipinski definition) is 2. The third kappa shape index (κ3) is 5.62. The van der Waals surface area contributed by atoms with E-state index in [0.29, 0.717) is 34.0 Å². The lowest BCUT2D eigenvalue weighted by molar-refractivity contribution is 0.0945. The van der Waals surface area contributed by atoms with Gasteiger partial charge in [-0.1, -0.05) is 6.07 Å². The molecule has 5 rings (SSSR count). The van der Waals surface area contributed by atoms with Crippen LogP contribution in [-0.4, -0.2) is 35.8 Å². The molecule has 0 fully saturated rings. The molecule has 188 valence electrons. The first kappa shape index (κ1) is 24.5. The molecule has 1 amide bonds. The van der Waals surface area contributed by atoms with E-state index in [0.717, 1.165) is 12.3 Å². The molecule has 0 radical (unpaired) electrons.